The number of nitrogens with one attached hydrogen (secondary N) is 1. The van der Waals surface area contributed by atoms with Gasteiger partial charge >= 0.3 is 0 Å². The molecule has 0 saturated carbocycles. The Morgan fingerprint density at radius 2 is 2.17 bits per heavy atom. The van der Waals surface area contributed by atoms with Crippen LogP contribution in [0.25, 0.3) is 5.69 Å². The molecule has 0 bridgehead atoms. The highest BCUT2D eigenvalue weighted by Crippen LogP contribution is 2.18. The largest absolute Gasteiger partial charge is 0.385 e. The van der Waals surface area contributed by atoms with Gasteiger partial charge in [0.25, 0.3) is 0 Å². The summed E-state index contributed by atoms with van der Waals surface area (Å²) in [6.45, 7) is 4.01. The Balaban J connectivity index is 2.22. The highest BCUT2D eigenvalue weighted by molar-refractivity contribution is 7.89. The molecule has 0 aliphatic carbocycles. The Kier molecular flexibility index (Phi) is 5.51. The number of sulfonamides is 1. The molecular weight excluding hydrogens is 321 g/mol. The summed E-state index contributed by atoms with van der Waals surface area (Å²) >= 11 is 0. The third kappa shape index (κ3) is 4.37. The SMILES string of the molecule is COCC[C@H](C)NS(=O)(=O)c1ccc(-n2cc(C)cn2)c(F)c1. The molecule has 0 aliphatic rings. The predicted molar refractivity (Wildman–Crippen MR) is 84.5 cm³/mol. The lowest BCUT2D eigenvalue weighted by Crippen LogP contribution is -2.33. The van der Waals surface area contributed by atoms with Crippen LogP contribution in [0.2, 0.25) is 0 Å². The molecule has 0 spiro atoms. The Morgan fingerprint density at radius 1 is 1.43 bits per heavy atom. The van der Waals surface area contributed by atoms with Gasteiger partial charge in [-0.05, 0) is 44.0 Å². The van der Waals surface area contributed by atoms with Crippen LogP contribution in [0.15, 0.2) is 35.5 Å². The van der Waals surface area contributed by atoms with Crippen molar-refractivity contribution in [3.05, 3.63) is 42.0 Å². The lowest BCUT2D eigenvalue weighted by Gasteiger charge is -2.14. The minimum absolute atomic E-state index is 0.119. The van der Waals surface area contributed by atoms with Crippen LogP contribution in [-0.2, 0) is 14.8 Å². The number of methoxy groups -OCH3 is 1. The van der Waals surface area contributed by atoms with Crippen LogP contribution >= 0.6 is 0 Å². The zero-order valence-corrected chi connectivity index (χ0v) is 14.1. The minimum Gasteiger partial charge on any atom is -0.385 e. The number of aromatic nitrogens is 2. The first kappa shape index (κ1) is 17.6. The Labute approximate surface area is 135 Å². The van der Waals surface area contributed by atoms with E-state index in [0.29, 0.717) is 13.0 Å². The van der Waals surface area contributed by atoms with Crippen molar-refractivity contribution in [1.82, 2.24) is 14.5 Å². The van der Waals surface area contributed by atoms with E-state index in [1.165, 1.54) is 16.8 Å². The van der Waals surface area contributed by atoms with Gasteiger partial charge in [-0.2, -0.15) is 5.10 Å². The number of hydrogen-bond donors (Lipinski definition) is 1. The van der Waals surface area contributed by atoms with Crippen molar-refractivity contribution in [2.45, 2.75) is 31.2 Å². The molecule has 1 aromatic heterocycles. The number of rotatable bonds is 7. The Hall–Kier alpha value is -1.77. The Bertz CT molecular complexity index is 774. The molecule has 0 amide bonds. The average molecular weight is 341 g/mol. The van der Waals surface area contributed by atoms with E-state index in [-0.39, 0.29) is 16.6 Å². The molecule has 126 valence electrons. The first-order valence-corrected chi connectivity index (χ1v) is 8.64. The van der Waals surface area contributed by atoms with Crippen LogP contribution in [0, 0.1) is 12.7 Å². The molecule has 0 radical (unpaired) electrons. The fourth-order valence-electron chi connectivity index (χ4n) is 2.07. The number of halogens is 1. The smallest absolute Gasteiger partial charge is 0.240 e. The van der Waals surface area contributed by atoms with E-state index in [1.54, 1.807) is 26.4 Å². The van der Waals surface area contributed by atoms with Gasteiger partial charge in [-0.1, -0.05) is 0 Å². The van der Waals surface area contributed by atoms with E-state index >= 15 is 0 Å². The van der Waals surface area contributed by atoms with Gasteiger partial charge in [0, 0.05) is 26.0 Å². The van der Waals surface area contributed by atoms with Crippen LogP contribution in [0.1, 0.15) is 18.9 Å². The van der Waals surface area contributed by atoms with Gasteiger partial charge < -0.3 is 4.74 Å². The second-order valence-electron chi connectivity index (χ2n) is 5.38. The van der Waals surface area contributed by atoms with Gasteiger partial charge in [-0.25, -0.2) is 22.2 Å². The number of aryl methyl sites for hydroxylation is 1. The second-order valence-corrected chi connectivity index (χ2v) is 7.09. The summed E-state index contributed by atoms with van der Waals surface area (Å²) in [5.74, 6) is -0.652. The predicted octanol–water partition coefficient (Wildman–Crippen LogP) is 2.02. The van der Waals surface area contributed by atoms with Crippen molar-refractivity contribution in [2.24, 2.45) is 0 Å². The summed E-state index contributed by atoms with van der Waals surface area (Å²) < 4.78 is 47.6. The summed E-state index contributed by atoms with van der Waals surface area (Å²) in [5, 5.41) is 4.02. The fraction of sp³-hybridized carbons (Fsp3) is 0.400. The zero-order valence-electron chi connectivity index (χ0n) is 13.3. The van der Waals surface area contributed by atoms with Crippen molar-refractivity contribution in [1.29, 1.82) is 0 Å². The van der Waals surface area contributed by atoms with Crippen LogP contribution in [-0.4, -0.2) is 38.0 Å². The van der Waals surface area contributed by atoms with Gasteiger partial charge in [0.15, 0.2) is 0 Å². The van der Waals surface area contributed by atoms with Crippen LogP contribution in [0.5, 0.6) is 0 Å². The van der Waals surface area contributed by atoms with Crippen molar-refractivity contribution in [2.75, 3.05) is 13.7 Å². The highest BCUT2D eigenvalue weighted by atomic mass is 32.2. The molecular formula is C15H20FN3O3S. The van der Waals surface area contributed by atoms with Crippen LogP contribution in [0.4, 0.5) is 4.39 Å². The minimum atomic E-state index is -3.78. The standard InChI is InChI=1S/C15H20FN3O3S/c1-11-9-17-19(10-11)15-5-4-13(8-14(15)16)23(20,21)18-12(2)6-7-22-3/h4-5,8-10,12,18H,6-7H2,1-3H3/t12-/m0/s1. The molecule has 8 heteroatoms. The van der Waals surface area contributed by atoms with Crippen LogP contribution < -0.4 is 4.72 Å². The Morgan fingerprint density at radius 3 is 2.74 bits per heavy atom. The third-order valence-electron chi connectivity index (χ3n) is 3.30. The van der Waals surface area contributed by atoms with Gasteiger partial charge in [0.2, 0.25) is 10.0 Å². The molecule has 1 N–H and O–H groups in total. The quantitative estimate of drug-likeness (QED) is 0.836. The van der Waals surface area contributed by atoms with Crippen LogP contribution in [0.3, 0.4) is 0 Å². The van der Waals surface area contributed by atoms with E-state index in [4.69, 9.17) is 4.74 Å². The number of nitrogens with zero attached hydrogens (tertiary/aromatic N) is 2. The monoisotopic (exact) mass is 341 g/mol. The van der Waals surface area contributed by atoms with Gasteiger partial charge in [0.1, 0.15) is 11.5 Å². The van der Waals surface area contributed by atoms with Gasteiger partial charge in [-0.15, -0.1) is 0 Å². The molecule has 2 aromatic rings. The number of benzene rings is 1. The summed E-state index contributed by atoms with van der Waals surface area (Å²) in [5.41, 5.74) is 1.08. The molecule has 23 heavy (non-hydrogen) atoms. The van der Waals surface area contributed by atoms with Crippen molar-refractivity contribution in [3.8, 4) is 5.69 Å². The first-order chi connectivity index (χ1) is 10.8. The number of hydrogen-bond acceptors (Lipinski definition) is 4. The second kappa shape index (κ2) is 7.20. The topological polar surface area (TPSA) is 73.2 Å². The van der Waals surface area contributed by atoms with E-state index in [0.717, 1.165) is 11.6 Å². The summed E-state index contributed by atoms with van der Waals surface area (Å²) in [6, 6.07) is 3.45. The fourth-order valence-corrected chi connectivity index (χ4v) is 3.36. The van der Waals surface area contributed by atoms with Gasteiger partial charge in [-0.3, -0.25) is 0 Å². The van der Waals surface area contributed by atoms with Crippen molar-refractivity contribution in [3.63, 3.8) is 0 Å². The first-order valence-electron chi connectivity index (χ1n) is 7.16. The summed E-state index contributed by atoms with van der Waals surface area (Å²) in [7, 11) is -2.23. The number of ether oxygens (including phenoxy) is 1. The van der Waals surface area contributed by atoms with E-state index in [9.17, 15) is 12.8 Å². The summed E-state index contributed by atoms with van der Waals surface area (Å²) in [6.07, 6.45) is 3.80. The lowest BCUT2D eigenvalue weighted by molar-refractivity contribution is 0.188. The molecule has 0 fully saturated rings. The lowest BCUT2D eigenvalue weighted by atomic mass is 10.3. The molecule has 0 aliphatic heterocycles. The summed E-state index contributed by atoms with van der Waals surface area (Å²) in [4.78, 5) is -0.119. The molecule has 6 nitrogen and oxygen atoms in total. The molecule has 2 rings (SSSR count). The maximum Gasteiger partial charge on any atom is 0.240 e. The third-order valence-corrected chi connectivity index (χ3v) is 4.89. The zero-order chi connectivity index (χ0) is 17.0. The molecule has 1 heterocycles. The van der Waals surface area contributed by atoms with Crippen molar-refractivity contribution >= 4 is 10.0 Å². The highest BCUT2D eigenvalue weighted by Gasteiger charge is 2.19. The van der Waals surface area contributed by atoms with Gasteiger partial charge in [0.05, 0.1) is 11.1 Å². The maximum atomic E-state index is 14.2. The molecule has 1 aromatic carbocycles. The van der Waals surface area contributed by atoms with E-state index in [1.807, 2.05) is 6.92 Å². The molecule has 0 unspecified atom stereocenters. The average Bonchev–Trinajstić information content (AvgIpc) is 2.90. The van der Waals surface area contributed by atoms with E-state index in [2.05, 4.69) is 9.82 Å². The maximum absolute atomic E-state index is 14.2. The molecule has 1 atom stereocenters. The normalized spacial score (nSPS) is 13.2. The van der Waals surface area contributed by atoms with Crippen molar-refractivity contribution < 1.29 is 17.5 Å². The van der Waals surface area contributed by atoms with E-state index < -0.39 is 15.8 Å². The molecule has 0 saturated heterocycles.